The number of nitrogens with one attached hydrogen (secondary N) is 1. The lowest BCUT2D eigenvalue weighted by atomic mass is 10.9. The Kier molecular flexibility index (Phi) is 2.16. The van der Waals surface area contributed by atoms with Crippen molar-refractivity contribution < 1.29 is 4.40 Å². The van der Waals surface area contributed by atoms with Crippen molar-refractivity contribution in [2.45, 2.75) is 4.71 Å². The van der Waals surface area contributed by atoms with Gasteiger partial charge in [-0.05, 0) is 11.6 Å². The molecular formula is C2H2Cl2NS2+. The normalized spacial score (nSPS) is 30.6. The van der Waals surface area contributed by atoms with Crippen LogP contribution in [0, 0.1) is 0 Å². The van der Waals surface area contributed by atoms with Gasteiger partial charge in [-0.3, -0.25) is 0 Å². The summed E-state index contributed by atoms with van der Waals surface area (Å²) in [5.41, 5.74) is 0. The van der Waals surface area contributed by atoms with Crippen LogP contribution in [0.25, 0.3) is 0 Å². The molecule has 0 fully saturated rings. The molecule has 0 radical (unpaired) electrons. The minimum Gasteiger partial charge on any atom is -0.154 e. The topological polar surface area (TPSA) is 14.0 Å². The van der Waals surface area contributed by atoms with Crippen LogP contribution in [0.4, 0.5) is 0 Å². The van der Waals surface area contributed by atoms with Crippen LogP contribution >= 0.6 is 45.0 Å². The van der Waals surface area contributed by atoms with E-state index in [9.17, 15) is 0 Å². The second kappa shape index (κ2) is 2.49. The van der Waals surface area contributed by atoms with Crippen LogP contribution in [0.2, 0.25) is 0 Å². The second-order valence-electron chi connectivity index (χ2n) is 0.946. The van der Waals surface area contributed by atoms with Crippen molar-refractivity contribution in [3.05, 3.63) is 0 Å². The number of hydrogen-bond acceptors (Lipinski definition) is 2. The molecule has 0 aromatic carbocycles. The Hall–Kier alpha value is 0.950. The van der Waals surface area contributed by atoms with Gasteiger partial charge < -0.3 is 0 Å². The smallest absolute Gasteiger partial charge is 0.154 e. The summed E-state index contributed by atoms with van der Waals surface area (Å²) in [5.74, 6) is 0. The summed E-state index contributed by atoms with van der Waals surface area (Å²) in [4.78, 5) is 0. The van der Waals surface area contributed by atoms with Gasteiger partial charge in [0.05, 0.1) is 0 Å². The predicted octanol–water partition coefficient (Wildman–Crippen LogP) is 0.579. The Morgan fingerprint density at radius 1 is 1.71 bits per heavy atom. The predicted molar refractivity (Wildman–Crippen MR) is 36.6 cm³/mol. The molecule has 1 atom stereocenters. The first-order chi connectivity index (χ1) is 3.30. The van der Waals surface area contributed by atoms with Crippen LogP contribution in [0.1, 0.15) is 0 Å². The van der Waals surface area contributed by atoms with Crippen molar-refractivity contribution in [1.82, 2.24) is 0 Å². The Balaban J connectivity index is 2.54. The van der Waals surface area contributed by atoms with Crippen LogP contribution in [0.5, 0.6) is 0 Å². The molecule has 1 rings (SSSR count). The minimum atomic E-state index is -0.0633. The van der Waals surface area contributed by atoms with E-state index in [1.54, 1.807) is 0 Å². The quantitative estimate of drug-likeness (QED) is 0.329. The third-order valence-electron chi connectivity index (χ3n) is 0.471. The minimum absolute atomic E-state index is 0.0633. The number of rotatable bonds is 0. The molecule has 1 nitrogen and oxygen atoms in total. The van der Waals surface area contributed by atoms with Crippen LogP contribution in [-0.2, 0) is 0 Å². The molecule has 1 unspecified atom stereocenters. The lowest BCUT2D eigenvalue weighted by Crippen LogP contribution is -2.59. The highest BCUT2D eigenvalue weighted by Crippen LogP contribution is 2.27. The van der Waals surface area contributed by atoms with Gasteiger partial charge in [0, 0.05) is 10.8 Å². The summed E-state index contributed by atoms with van der Waals surface area (Å²) < 4.78 is 2.74. The van der Waals surface area contributed by atoms with Gasteiger partial charge in [-0.2, -0.15) is 4.40 Å². The van der Waals surface area contributed by atoms with E-state index in [1.807, 2.05) is 0 Å². The van der Waals surface area contributed by atoms with Crippen molar-refractivity contribution >= 4 is 50.1 Å². The van der Waals surface area contributed by atoms with Crippen molar-refractivity contribution in [2.24, 2.45) is 0 Å². The summed E-state index contributed by atoms with van der Waals surface area (Å²) in [6, 6.07) is 0. The molecule has 40 valence electrons. The number of halogens is 2. The summed E-state index contributed by atoms with van der Waals surface area (Å²) in [7, 11) is 2.96. The second-order valence-corrected chi connectivity index (χ2v) is 4.16. The zero-order valence-electron chi connectivity index (χ0n) is 3.15. The standard InChI is InChI=1S/C2HCl2NS2/c3-1-2(4)6-7-5-1/h2H/p+1. The van der Waals surface area contributed by atoms with E-state index in [-0.39, 0.29) is 4.71 Å². The Bertz CT molecular complexity index is 104. The fourth-order valence-electron chi connectivity index (χ4n) is 0.195. The molecule has 0 aromatic rings. The van der Waals surface area contributed by atoms with Gasteiger partial charge in [0.25, 0.3) is 5.17 Å². The monoisotopic (exact) mass is 174 g/mol. The summed E-state index contributed by atoms with van der Waals surface area (Å²) >= 11 is 11.1. The maximum atomic E-state index is 5.57. The van der Waals surface area contributed by atoms with Crippen LogP contribution < -0.4 is 4.40 Å². The maximum Gasteiger partial charge on any atom is 0.286 e. The van der Waals surface area contributed by atoms with Gasteiger partial charge in [-0.15, -0.1) is 0 Å². The Morgan fingerprint density at radius 2 is 2.43 bits per heavy atom. The van der Waals surface area contributed by atoms with Crippen molar-refractivity contribution in [2.75, 3.05) is 0 Å². The molecule has 1 aliphatic heterocycles. The molecule has 0 saturated carbocycles. The zero-order valence-corrected chi connectivity index (χ0v) is 6.29. The number of alkyl halides is 1. The lowest BCUT2D eigenvalue weighted by Gasteiger charge is -1.81. The third-order valence-corrected chi connectivity index (χ3v) is 3.86. The largest absolute Gasteiger partial charge is 0.286 e. The van der Waals surface area contributed by atoms with Gasteiger partial charge in [0.1, 0.15) is 0 Å². The molecule has 0 aliphatic carbocycles. The highest BCUT2D eigenvalue weighted by molar-refractivity contribution is 8.75. The first kappa shape index (κ1) is 6.08. The van der Waals surface area contributed by atoms with Crippen LogP contribution in [0.15, 0.2) is 0 Å². The van der Waals surface area contributed by atoms with E-state index < -0.39 is 0 Å². The molecule has 7 heavy (non-hydrogen) atoms. The average molecular weight is 175 g/mol. The van der Waals surface area contributed by atoms with Gasteiger partial charge in [0.2, 0.25) is 11.0 Å². The SMILES string of the molecule is ClC1=[NH+]SSC1Cl. The Labute approximate surface area is 59.4 Å². The third kappa shape index (κ3) is 1.42. The van der Waals surface area contributed by atoms with Crippen molar-refractivity contribution in [3.8, 4) is 0 Å². The van der Waals surface area contributed by atoms with E-state index in [2.05, 4.69) is 4.40 Å². The molecule has 0 bridgehead atoms. The lowest BCUT2D eigenvalue weighted by molar-refractivity contribution is -0.234. The molecule has 0 spiro atoms. The van der Waals surface area contributed by atoms with E-state index in [4.69, 9.17) is 23.2 Å². The fourth-order valence-corrected chi connectivity index (χ4v) is 2.69. The van der Waals surface area contributed by atoms with Gasteiger partial charge in [-0.1, -0.05) is 11.6 Å². The highest BCUT2D eigenvalue weighted by Gasteiger charge is 2.25. The maximum absolute atomic E-state index is 5.57. The first-order valence-electron chi connectivity index (χ1n) is 1.55. The molecule has 1 aliphatic rings. The van der Waals surface area contributed by atoms with Crippen LogP contribution in [-0.4, -0.2) is 9.88 Å². The fraction of sp³-hybridized carbons (Fsp3) is 0.500. The van der Waals surface area contributed by atoms with E-state index in [1.165, 1.54) is 21.8 Å². The Morgan fingerprint density at radius 3 is 2.57 bits per heavy atom. The highest BCUT2D eigenvalue weighted by atomic mass is 35.5. The average Bonchev–Trinajstić information content (AvgIpc) is 1.91. The van der Waals surface area contributed by atoms with Gasteiger partial charge in [0.15, 0.2) is 4.71 Å². The summed E-state index contributed by atoms with van der Waals surface area (Å²) in [5, 5.41) is 0.622. The van der Waals surface area contributed by atoms with E-state index in [0.29, 0.717) is 5.17 Å². The van der Waals surface area contributed by atoms with E-state index >= 15 is 0 Å². The molecule has 0 amide bonds. The molecule has 0 aromatic heterocycles. The molecule has 0 saturated heterocycles. The summed E-state index contributed by atoms with van der Waals surface area (Å²) in [6.07, 6.45) is 0. The van der Waals surface area contributed by atoms with Crippen molar-refractivity contribution in [1.29, 1.82) is 0 Å². The first-order valence-corrected chi connectivity index (χ1v) is 4.58. The van der Waals surface area contributed by atoms with Crippen molar-refractivity contribution in [3.63, 3.8) is 0 Å². The molecule has 1 N–H and O–H groups in total. The van der Waals surface area contributed by atoms with Crippen LogP contribution in [0.3, 0.4) is 0 Å². The zero-order chi connectivity index (χ0) is 5.28. The van der Waals surface area contributed by atoms with Gasteiger partial charge in [-0.25, -0.2) is 0 Å². The molecule has 5 heteroatoms. The number of hydrogen-bond donors (Lipinski definition) is 1. The van der Waals surface area contributed by atoms with E-state index in [0.717, 1.165) is 0 Å². The molecular weight excluding hydrogens is 173 g/mol. The van der Waals surface area contributed by atoms with Gasteiger partial charge >= 0.3 is 0 Å². The molecule has 1 heterocycles. The summed E-state index contributed by atoms with van der Waals surface area (Å²) in [6.45, 7) is 0.